The summed E-state index contributed by atoms with van der Waals surface area (Å²) in [5.41, 5.74) is 1.67. The number of carbonyl (C=O) groups excluding carboxylic acids is 1. The van der Waals surface area contributed by atoms with E-state index in [0.717, 1.165) is 17.3 Å². The average molecular weight is 357 g/mol. The Labute approximate surface area is 152 Å². The first-order valence-electron chi connectivity index (χ1n) is 8.96. The predicted octanol–water partition coefficient (Wildman–Crippen LogP) is 3.39. The molecule has 1 aliphatic heterocycles. The normalized spacial score (nSPS) is 17.0. The maximum atomic E-state index is 11.7. The number of fused-ring (bicyclic) bond motifs is 1. The van der Waals surface area contributed by atoms with Crippen LogP contribution in [0.25, 0.3) is 0 Å². The van der Waals surface area contributed by atoms with Crippen molar-refractivity contribution in [3.8, 4) is 11.5 Å². The van der Waals surface area contributed by atoms with Gasteiger partial charge < -0.3 is 23.9 Å². The van der Waals surface area contributed by atoms with Crippen LogP contribution in [-0.2, 0) is 11.3 Å². The number of benzene rings is 1. The summed E-state index contributed by atoms with van der Waals surface area (Å²) in [6.07, 6.45) is 2.41. The van der Waals surface area contributed by atoms with Gasteiger partial charge in [0.05, 0.1) is 13.7 Å². The standard InChI is InChI=1S/C20H23NO5/c1-12-16(20(22)23-2)10-15(26-12)11-21-19(13-3-4-13)14-5-6-17-18(9-14)25-8-7-24-17/h5-6,9-10,13,19,21H,3-4,7-8,11H2,1-2H3. The van der Waals surface area contributed by atoms with E-state index in [9.17, 15) is 4.79 Å². The molecule has 0 saturated heterocycles. The Morgan fingerprint density at radius 1 is 1.23 bits per heavy atom. The molecule has 1 unspecified atom stereocenters. The highest BCUT2D eigenvalue weighted by Crippen LogP contribution is 2.43. The summed E-state index contributed by atoms with van der Waals surface area (Å²) < 4.78 is 21.8. The van der Waals surface area contributed by atoms with E-state index in [1.54, 1.807) is 13.0 Å². The number of furan rings is 1. The molecule has 138 valence electrons. The molecule has 0 amide bonds. The third kappa shape index (κ3) is 3.42. The van der Waals surface area contributed by atoms with Crippen molar-refractivity contribution in [2.75, 3.05) is 20.3 Å². The van der Waals surface area contributed by atoms with Gasteiger partial charge >= 0.3 is 5.97 Å². The predicted molar refractivity (Wildman–Crippen MR) is 94.5 cm³/mol. The van der Waals surface area contributed by atoms with Crippen LogP contribution in [0.1, 0.15) is 46.3 Å². The summed E-state index contributed by atoms with van der Waals surface area (Å²) in [7, 11) is 1.37. The van der Waals surface area contributed by atoms with Gasteiger partial charge in [-0.2, -0.15) is 0 Å². The molecule has 2 aliphatic rings. The highest BCUT2D eigenvalue weighted by atomic mass is 16.6. The van der Waals surface area contributed by atoms with Crippen molar-refractivity contribution < 1.29 is 23.4 Å². The highest BCUT2D eigenvalue weighted by molar-refractivity contribution is 5.90. The molecule has 1 aliphatic carbocycles. The van der Waals surface area contributed by atoms with Gasteiger partial charge in [-0.05, 0) is 49.4 Å². The minimum Gasteiger partial charge on any atom is -0.486 e. The lowest BCUT2D eigenvalue weighted by atomic mass is 10.0. The van der Waals surface area contributed by atoms with Gasteiger partial charge in [0.1, 0.15) is 30.3 Å². The van der Waals surface area contributed by atoms with Gasteiger partial charge in [0.2, 0.25) is 0 Å². The number of rotatable bonds is 6. The highest BCUT2D eigenvalue weighted by Gasteiger charge is 2.33. The van der Waals surface area contributed by atoms with E-state index in [-0.39, 0.29) is 12.0 Å². The van der Waals surface area contributed by atoms with Gasteiger partial charge in [0.15, 0.2) is 11.5 Å². The van der Waals surface area contributed by atoms with E-state index >= 15 is 0 Å². The van der Waals surface area contributed by atoms with Crippen LogP contribution < -0.4 is 14.8 Å². The van der Waals surface area contributed by atoms with Gasteiger partial charge in [-0.15, -0.1) is 0 Å². The Kier molecular flexibility index (Phi) is 4.59. The van der Waals surface area contributed by atoms with Crippen molar-refractivity contribution in [1.29, 1.82) is 0 Å². The first kappa shape index (κ1) is 17.0. The van der Waals surface area contributed by atoms with Gasteiger partial charge in [-0.3, -0.25) is 0 Å². The van der Waals surface area contributed by atoms with Crippen LogP contribution in [0.2, 0.25) is 0 Å². The molecule has 6 nitrogen and oxygen atoms in total. The molecule has 1 fully saturated rings. The summed E-state index contributed by atoms with van der Waals surface area (Å²) in [5, 5.41) is 3.58. The number of aryl methyl sites for hydroxylation is 1. The van der Waals surface area contributed by atoms with Crippen molar-refractivity contribution in [2.24, 2.45) is 5.92 Å². The Hall–Kier alpha value is -2.47. The smallest absolute Gasteiger partial charge is 0.341 e. The summed E-state index contributed by atoms with van der Waals surface area (Å²) in [5.74, 6) is 3.15. The first-order valence-corrected chi connectivity index (χ1v) is 8.96. The van der Waals surface area contributed by atoms with Crippen molar-refractivity contribution in [2.45, 2.75) is 32.4 Å². The quantitative estimate of drug-likeness (QED) is 0.799. The second-order valence-electron chi connectivity index (χ2n) is 6.77. The number of esters is 1. The summed E-state index contributed by atoms with van der Waals surface area (Å²) in [6, 6.07) is 8.11. The number of hydrogen-bond acceptors (Lipinski definition) is 6. The molecule has 4 rings (SSSR count). The van der Waals surface area contributed by atoms with E-state index in [0.29, 0.717) is 37.0 Å². The third-order valence-electron chi connectivity index (χ3n) is 4.89. The number of ether oxygens (including phenoxy) is 3. The first-order chi connectivity index (χ1) is 12.7. The van der Waals surface area contributed by atoms with Gasteiger partial charge in [-0.1, -0.05) is 6.07 Å². The molecule has 0 bridgehead atoms. The number of hydrogen-bond donors (Lipinski definition) is 1. The third-order valence-corrected chi connectivity index (χ3v) is 4.89. The van der Waals surface area contributed by atoms with E-state index < -0.39 is 0 Å². The molecule has 1 saturated carbocycles. The molecule has 26 heavy (non-hydrogen) atoms. The van der Waals surface area contributed by atoms with E-state index in [4.69, 9.17) is 18.6 Å². The van der Waals surface area contributed by atoms with Crippen molar-refractivity contribution >= 4 is 5.97 Å². The lowest BCUT2D eigenvalue weighted by Crippen LogP contribution is -2.23. The van der Waals surface area contributed by atoms with Gasteiger partial charge in [0, 0.05) is 6.04 Å². The summed E-state index contributed by atoms with van der Waals surface area (Å²) in [4.78, 5) is 11.7. The van der Waals surface area contributed by atoms with Crippen LogP contribution >= 0.6 is 0 Å². The second kappa shape index (κ2) is 7.03. The lowest BCUT2D eigenvalue weighted by molar-refractivity contribution is 0.0599. The monoisotopic (exact) mass is 357 g/mol. The molecule has 1 atom stereocenters. The van der Waals surface area contributed by atoms with E-state index in [1.807, 2.05) is 6.07 Å². The maximum absolute atomic E-state index is 11.7. The molecule has 0 radical (unpaired) electrons. The fourth-order valence-electron chi connectivity index (χ4n) is 3.39. The Bertz CT molecular complexity index is 809. The lowest BCUT2D eigenvalue weighted by Gasteiger charge is -2.22. The van der Waals surface area contributed by atoms with Crippen LogP contribution in [0.3, 0.4) is 0 Å². The number of carbonyl (C=O) groups is 1. The zero-order valence-electron chi connectivity index (χ0n) is 15.0. The second-order valence-corrected chi connectivity index (χ2v) is 6.77. The van der Waals surface area contributed by atoms with Crippen molar-refractivity contribution in [1.82, 2.24) is 5.32 Å². The van der Waals surface area contributed by atoms with Crippen LogP contribution in [0.5, 0.6) is 11.5 Å². The number of nitrogens with one attached hydrogen (secondary N) is 1. The Morgan fingerprint density at radius 3 is 2.73 bits per heavy atom. The zero-order chi connectivity index (χ0) is 18.1. The topological polar surface area (TPSA) is 69.9 Å². The van der Waals surface area contributed by atoms with Crippen molar-refractivity contribution in [3.05, 3.63) is 46.9 Å². The van der Waals surface area contributed by atoms with Crippen LogP contribution in [0, 0.1) is 12.8 Å². The summed E-state index contributed by atoms with van der Waals surface area (Å²) in [6.45, 7) is 3.50. The van der Waals surface area contributed by atoms with E-state index in [1.165, 1.54) is 25.5 Å². The molecular formula is C20H23NO5. The van der Waals surface area contributed by atoms with Crippen molar-refractivity contribution in [3.63, 3.8) is 0 Å². The van der Waals surface area contributed by atoms with Crippen LogP contribution in [0.15, 0.2) is 28.7 Å². The molecule has 2 aromatic rings. The van der Waals surface area contributed by atoms with Gasteiger partial charge in [0.25, 0.3) is 0 Å². The minimum absolute atomic E-state index is 0.220. The van der Waals surface area contributed by atoms with Crippen LogP contribution in [-0.4, -0.2) is 26.3 Å². The molecule has 2 heterocycles. The largest absolute Gasteiger partial charge is 0.486 e. The molecule has 1 N–H and O–H groups in total. The average Bonchev–Trinajstić information content (AvgIpc) is 3.43. The molecule has 1 aromatic carbocycles. The fourth-order valence-corrected chi connectivity index (χ4v) is 3.39. The molecule has 0 spiro atoms. The molecule has 6 heteroatoms. The van der Waals surface area contributed by atoms with E-state index in [2.05, 4.69) is 17.4 Å². The molecule has 1 aromatic heterocycles. The van der Waals surface area contributed by atoms with Crippen LogP contribution in [0.4, 0.5) is 0 Å². The SMILES string of the molecule is COC(=O)c1cc(CNC(c2ccc3c(c2)OCCO3)C2CC2)oc1C. The van der Waals surface area contributed by atoms with Gasteiger partial charge in [-0.25, -0.2) is 4.79 Å². The maximum Gasteiger partial charge on any atom is 0.341 e. The molecular weight excluding hydrogens is 334 g/mol. The Balaban J connectivity index is 1.49. The Morgan fingerprint density at radius 2 is 2.00 bits per heavy atom. The summed E-state index contributed by atoms with van der Waals surface area (Å²) >= 11 is 0. The minimum atomic E-state index is -0.372. The number of methoxy groups -OCH3 is 1. The zero-order valence-corrected chi connectivity index (χ0v) is 15.0. The fraction of sp³-hybridized carbons (Fsp3) is 0.450.